The Labute approximate surface area is 234 Å². The fourth-order valence-electron chi connectivity index (χ4n) is 9.28. The van der Waals surface area contributed by atoms with Gasteiger partial charge in [-0.1, -0.05) is 51.2 Å². The van der Waals surface area contributed by atoms with Gasteiger partial charge in [0.15, 0.2) is 0 Å². The van der Waals surface area contributed by atoms with Gasteiger partial charge in [-0.05, 0) is 125 Å². The van der Waals surface area contributed by atoms with Crippen molar-refractivity contribution < 1.29 is 4.39 Å². The molecule has 38 heavy (non-hydrogen) atoms. The minimum atomic E-state index is 0.457. The van der Waals surface area contributed by atoms with Crippen molar-refractivity contribution >= 4 is 5.71 Å². The summed E-state index contributed by atoms with van der Waals surface area (Å²) in [6.45, 7) is 19.9. The monoisotopic (exact) mass is 527 g/mol. The highest BCUT2D eigenvalue weighted by Gasteiger charge is 2.59. The lowest BCUT2D eigenvalue weighted by Gasteiger charge is -2.58. The molecule has 3 nitrogen and oxygen atoms in total. The summed E-state index contributed by atoms with van der Waals surface area (Å²) in [5.74, 6) is 4.36. The Bertz CT molecular complexity index is 862. The molecule has 5 aliphatic rings. The Balaban J connectivity index is 0.000000612. The molecule has 0 aromatic rings. The SMILES string of the molecule is C=C1C=C2CCC3C(CCC4(C)C(C(C)=NCCCC5CC(C)CN5)CCC34)C2(C)CC1.C=CNC.CF. The van der Waals surface area contributed by atoms with Crippen LogP contribution in [0.25, 0.3) is 0 Å². The standard InChI is InChI=1S/C30H48N2.C3H7N.CH3F/c1-20-12-14-29(4)23(17-20)8-9-25-27-11-10-26(30(27,5)15-13-28(25)29)22(3)31-16-6-7-24-18-21(2)19-32-24;1-3-4-2;1-2/h17,21,24-28,32H,1,6-16,18-19H2,2-5H3;3-4H,1H2,2H3;1H3. The number of nitrogens with zero attached hydrogens (tertiary/aromatic N) is 1. The third kappa shape index (κ3) is 6.48. The second kappa shape index (κ2) is 13.8. The second-order valence-electron chi connectivity index (χ2n) is 13.4. The van der Waals surface area contributed by atoms with E-state index in [1.54, 1.807) is 11.8 Å². The van der Waals surface area contributed by atoms with Crippen LogP contribution in [0.1, 0.15) is 98.3 Å². The summed E-state index contributed by atoms with van der Waals surface area (Å²) in [7, 11) is 2.31. The normalized spacial score (nSPS) is 39.8. The highest BCUT2D eigenvalue weighted by Crippen LogP contribution is 2.67. The highest BCUT2D eigenvalue weighted by molar-refractivity contribution is 5.85. The lowest BCUT2D eigenvalue weighted by atomic mass is 9.46. The molecule has 0 aromatic carbocycles. The molecule has 1 saturated heterocycles. The van der Waals surface area contributed by atoms with Crippen molar-refractivity contribution in [3.8, 4) is 0 Å². The van der Waals surface area contributed by atoms with Crippen LogP contribution in [-0.2, 0) is 0 Å². The zero-order chi connectivity index (χ0) is 27.9. The van der Waals surface area contributed by atoms with E-state index in [-0.39, 0.29) is 0 Å². The maximum atomic E-state index is 9.50. The molecule has 1 heterocycles. The number of aliphatic imine (C=N–C) groups is 1. The van der Waals surface area contributed by atoms with Crippen LogP contribution >= 0.6 is 0 Å². The summed E-state index contributed by atoms with van der Waals surface area (Å²) in [6, 6.07) is 0.743. The fourth-order valence-corrected chi connectivity index (χ4v) is 9.28. The van der Waals surface area contributed by atoms with E-state index in [1.807, 2.05) is 7.05 Å². The van der Waals surface area contributed by atoms with Gasteiger partial charge in [-0.15, -0.1) is 0 Å². The van der Waals surface area contributed by atoms with Gasteiger partial charge in [0.1, 0.15) is 0 Å². The van der Waals surface area contributed by atoms with Crippen LogP contribution < -0.4 is 10.6 Å². The first-order valence-electron chi connectivity index (χ1n) is 15.5. The Kier molecular flexibility index (Phi) is 11.3. The van der Waals surface area contributed by atoms with Crippen LogP contribution in [0.15, 0.2) is 41.6 Å². The average Bonchev–Trinajstić information content (AvgIpc) is 3.50. The van der Waals surface area contributed by atoms with Crippen LogP contribution in [0.2, 0.25) is 0 Å². The summed E-state index contributed by atoms with van der Waals surface area (Å²) in [6.07, 6.45) is 19.0. The van der Waals surface area contributed by atoms with Crippen LogP contribution in [0.5, 0.6) is 0 Å². The van der Waals surface area contributed by atoms with E-state index in [4.69, 9.17) is 4.99 Å². The van der Waals surface area contributed by atoms with E-state index in [0.29, 0.717) is 18.0 Å². The second-order valence-corrected chi connectivity index (χ2v) is 13.4. The van der Waals surface area contributed by atoms with Crippen molar-refractivity contribution in [2.45, 2.75) is 104 Å². The first kappa shape index (κ1) is 31.1. The van der Waals surface area contributed by atoms with Gasteiger partial charge < -0.3 is 10.6 Å². The molecule has 216 valence electrons. The topological polar surface area (TPSA) is 36.4 Å². The zero-order valence-electron chi connectivity index (χ0n) is 25.6. The van der Waals surface area contributed by atoms with Crippen molar-refractivity contribution in [1.82, 2.24) is 10.6 Å². The summed E-state index contributed by atoms with van der Waals surface area (Å²) >= 11 is 0. The Morgan fingerprint density at radius 2 is 1.89 bits per heavy atom. The number of halogens is 1. The molecule has 3 saturated carbocycles. The minimum Gasteiger partial charge on any atom is -0.394 e. The predicted octanol–water partition coefficient (Wildman–Crippen LogP) is 8.30. The van der Waals surface area contributed by atoms with Crippen LogP contribution in [-0.4, -0.2) is 39.1 Å². The van der Waals surface area contributed by atoms with Gasteiger partial charge in [0, 0.05) is 31.3 Å². The summed E-state index contributed by atoms with van der Waals surface area (Å²) in [4.78, 5) is 5.18. The number of fused-ring (bicyclic) bond motifs is 5. The van der Waals surface area contributed by atoms with Gasteiger partial charge in [-0.3, -0.25) is 9.38 Å². The lowest BCUT2D eigenvalue weighted by Crippen LogP contribution is -2.50. The number of nitrogens with one attached hydrogen (secondary N) is 2. The average molecular weight is 528 g/mol. The quantitative estimate of drug-likeness (QED) is 0.269. The first-order chi connectivity index (χ1) is 18.2. The number of allylic oxidation sites excluding steroid dienone is 3. The molecule has 0 bridgehead atoms. The van der Waals surface area contributed by atoms with E-state index < -0.39 is 0 Å². The van der Waals surface area contributed by atoms with Crippen molar-refractivity contribution in [2.24, 2.45) is 45.4 Å². The molecule has 8 unspecified atom stereocenters. The third-order valence-corrected chi connectivity index (χ3v) is 11.3. The zero-order valence-corrected chi connectivity index (χ0v) is 25.6. The molecule has 4 aliphatic carbocycles. The third-order valence-electron chi connectivity index (χ3n) is 11.3. The van der Waals surface area contributed by atoms with Crippen LogP contribution in [0.3, 0.4) is 0 Å². The molecule has 2 N–H and O–H groups in total. The molecule has 4 fully saturated rings. The van der Waals surface area contributed by atoms with Gasteiger partial charge in [-0.2, -0.15) is 0 Å². The van der Waals surface area contributed by atoms with E-state index in [1.165, 1.54) is 88.5 Å². The summed E-state index contributed by atoms with van der Waals surface area (Å²) < 4.78 is 9.50. The first-order valence-corrected chi connectivity index (χ1v) is 15.5. The van der Waals surface area contributed by atoms with E-state index in [2.05, 4.69) is 57.6 Å². The minimum absolute atomic E-state index is 0.457. The molecule has 5 rings (SSSR count). The van der Waals surface area contributed by atoms with Gasteiger partial charge >= 0.3 is 0 Å². The molecular formula is C34H58FN3. The fraction of sp³-hybridized carbons (Fsp3) is 0.794. The van der Waals surface area contributed by atoms with E-state index >= 15 is 0 Å². The van der Waals surface area contributed by atoms with Gasteiger partial charge in [0.2, 0.25) is 0 Å². The number of hydrogen-bond donors (Lipinski definition) is 2. The van der Waals surface area contributed by atoms with E-state index in [9.17, 15) is 4.39 Å². The van der Waals surface area contributed by atoms with Gasteiger partial charge in [0.25, 0.3) is 0 Å². The lowest BCUT2D eigenvalue weighted by molar-refractivity contribution is -0.0417. The molecule has 4 heteroatoms. The largest absolute Gasteiger partial charge is 0.394 e. The molecule has 0 amide bonds. The van der Waals surface area contributed by atoms with Crippen LogP contribution in [0.4, 0.5) is 4.39 Å². The summed E-state index contributed by atoms with van der Waals surface area (Å²) in [5.41, 5.74) is 5.56. The number of alkyl halides is 1. The maximum absolute atomic E-state index is 9.50. The van der Waals surface area contributed by atoms with Crippen molar-refractivity contribution in [1.29, 1.82) is 0 Å². The number of hydrogen-bond acceptors (Lipinski definition) is 3. The highest BCUT2D eigenvalue weighted by atomic mass is 19.1. The van der Waals surface area contributed by atoms with Crippen molar-refractivity contribution in [2.75, 3.05) is 27.3 Å². The van der Waals surface area contributed by atoms with Gasteiger partial charge in [-0.25, -0.2) is 0 Å². The molecule has 0 aromatic heterocycles. The van der Waals surface area contributed by atoms with Crippen molar-refractivity contribution in [3.63, 3.8) is 0 Å². The Hall–Kier alpha value is -1.42. The predicted molar refractivity (Wildman–Crippen MR) is 163 cm³/mol. The van der Waals surface area contributed by atoms with E-state index in [0.717, 1.165) is 42.2 Å². The number of rotatable bonds is 6. The molecule has 8 atom stereocenters. The Morgan fingerprint density at radius 3 is 2.55 bits per heavy atom. The smallest absolute Gasteiger partial charge is 0.0785 e. The molecular weight excluding hydrogens is 469 g/mol. The van der Waals surface area contributed by atoms with Gasteiger partial charge in [0.05, 0.1) is 7.18 Å². The van der Waals surface area contributed by atoms with Crippen LogP contribution in [0, 0.1) is 40.4 Å². The molecule has 1 aliphatic heterocycles. The molecule has 0 radical (unpaired) electrons. The maximum Gasteiger partial charge on any atom is 0.0785 e. The molecule has 0 spiro atoms. The van der Waals surface area contributed by atoms with Crippen molar-refractivity contribution in [3.05, 3.63) is 36.6 Å². The Morgan fingerprint density at radius 1 is 1.16 bits per heavy atom. The summed E-state index contributed by atoms with van der Waals surface area (Å²) in [5, 5.41) is 6.38.